The molecule has 1 saturated heterocycles. The number of benzene rings is 1. The number of hydrogen-bond donors (Lipinski definition) is 2. The molecule has 3 heterocycles. The lowest BCUT2D eigenvalue weighted by Crippen LogP contribution is -2.47. The Bertz CT molecular complexity index is 1380. The second-order valence-corrected chi connectivity index (χ2v) is 11.1. The average molecular weight is 528 g/mol. The van der Waals surface area contributed by atoms with E-state index < -0.39 is 10.0 Å². The molecule has 1 saturated carbocycles. The number of pyridine rings is 1. The molecule has 2 N–H and O–H groups in total. The number of rotatable bonds is 9. The highest BCUT2D eigenvalue weighted by atomic mass is 32.2. The van der Waals surface area contributed by atoms with Crippen LogP contribution in [0.4, 0.5) is 17.2 Å². The van der Waals surface area contributed by atoms with E-state index in [9.17, 15) is 13.2 Å². The van der Waals surface area contributed by atoms with Crippen LogP contribution in [0.15, 0.2) is 41.1 Å². The minimum Gasteiger partial charge on any atom is -0.494 e. The Hall–Kier alpha value is -3.55. The van der Waals surface area contributed by atoms with Crippen LogP contribution in [0.5, 0.6) is 5.75 Å². The Morgan fingerprint density at radius 3 is 2.68 bits per heavy atom. The van der Waals surface area contributed by atoms with E-state index >= 15 is 0 Å². The van der Waals surface area contributed by atoms with Crippen LogP contribution in [0.3, 0.4) is 0 Å². The van der Waals surface area contributed by atoms with Crippen LogP contribution < -0.4 is 15.4 Å². The number of sulfonamides is 1. The molecule has 0 atom stereocenters. The molecule has 196 valence electrons. The molecule has 0 unspecified atom stereocenters. The van der Waals surface area contributed by atoms with Gasteiger partial charge in [0.05, 0.1) is 31.2 Å². The number of methoxy groups -OCH3 is 1. The van der Waals surface area contributed by atoms with Gasteiger partial charge in [-0.2, -0.15) is 9.29 Å². The van der Waals surface area contributed by atoms with E-state index in [1.54, 1.807) is 25.4 Å². The standard InChI is InChI=1S/C24H29N7O5S/c1-35-22-18(24-28-21(29-36-24)15-30-10-12-31(13-11-30)37(2,33)34)4-3-5-19(22)26-17-8-9-25-20(14-17)27-23(32)16-6-7-16/h3-5,8-9,14,16H,6-7,10-13,15H2,1-2H3,(H2,25,26,27,32). The third-order valence-corrected chi connectivity index (χ3v) is 7.62. The number of carbonyl (C=O) groups excluding carboxylic acids is 1. The first-order chi connectivity index (χ1) is 17.8. The highest BCUT2D eigenvalue weighted by Gasteiger charge is 2.30. The number of aromatic nitrogens is 3. The Morgan fingerprint density at radius 2 is 1.97 bits per heavy atom. The van der Waals surface area contributed by atoms with Crippen molar-refractivity contribution in [1.82, 2.24) is 24.3 Å². The maximum atomic E-state index is 12.1. The third kappa shape index (κ3) is 6.06. The molecule has 2 fully saturated rings. The molecular weight excluding hydrogens is 498 g/mol. The van der Waals surface area contributed by atoms with Gasteiger partial charge in [-0.25, -0.2) is 13.4 Å². The van der Waals surface area contributed by atoms with Crippen molar-refractivity contribution in [3.05, 3.63) is 42.4 Å². The molecule has 3 aromatic rings. The molecule has 0 bridgehead atoms. The van der Waals surface area contributed by atoms with Crippen LogP contribution in [0.2, 0.25) is 0 Å². The first-order valence-corrected chi connectivity index (χ1v) is 13.9. The van der Waals surface area contributed by atoms with Gasteiger partial charge < -0.3 is 19.9 Å². The Balaban J connectivity index is 1.28. The highest BCUT2D eigenvalue weighted by Crippen LogP contribution is 2.37. The number of nitrogens with one attached hydrogen (secondary N) is 2. The second kappa shape index (κ2) is 10.4. The molecule has 1 aromatic carbocycles. The van der Waals surface area contributed by atoms with E-state index in [0.717, 1.165) is 18.5 Å². The number of piperazine rings is 1. The summed E-state index contributed by atoms with van der Waals surface area (Å²) in [5.41, 5.74) is 2.04. The number of amides is 1. The molecule has 37 heavy (non-hydrogen) atoms. The summed E-state index contributed by atoms with van der Waals surface area (Å²) in [4.78, 5) is 23.0. The van der Waals surface area contributed by atoms with Crippen LogP contribution in [0.25, 0.3) is 11.5 Å². The minimum atomic E-state index is -3.18. The predicted molar refractivity (Wildman–Crippen MR) is 137 cm³/mol. The van der Waals surface area contributed by atoms with Gasteiger partial charge >= 0.3 is 0 Å². The fourth-order valence-corrected chi connectivity index (χ4v) is 5.00. The van der Waals surface area contributed by atoms with E-state index in [1.165, 1.54) is 10.6 Å². The molecule has 13 heteroatoms. The lowest BCUT2D eigenvalue weighted by molar-refractivity contribution is -0.117. The van der Waals surface area contributed by atoms with Gasteiger partial charge in [0.25, 0.3) is 5.89 Å². The van der Waals surface area contributed by atoms with Crippen LogP contribution in [-0.2, 0) is 21.4 Å². The van der Waals surface area contributed by atoms with Gasteiger partial charge in [-0.15, -0.1) is 0 Å². The van der Waals surface area contributed by atoms with Gasteiger partial charge in [0.15, 0.2) is 11.6 Å². The molecule has 1 aliphatic heterocycles. The first kappa shape index (κ1) is 25.1. The largest absolute Gasteiger partial charge is 0.494 e. The van der Waals surface area contributed by atoms with Gasteiger partial charge in [0.2, 0.25) is 15.9 Å². The summed E-state index contributed by atoms with van der Waals surface area (Å²) < 4.78 is 36.2. The van der Waals surface area contributed by atoms with Crippen molar-refractivity contribution < 1.29 is 22.5 Å². The van der Waals surface area contributed by atoms with Crippen LogP contribution in [0.1, 0.15) is 18.7 Å². The van der Waals surface area contributed by atoms with E-state index in [1.807, 2.05) is 18.2 Å². The number of nitrogens with zero attached hydrogens (tertiary/aromatic N) is 5. The lowest BCUT2D eigenvalue weighted by atomic mass is 10.1. The summed E-state index contributed by atoms with van der Waals surface area (Å²) in [7, 11) is -1.62. The summed E-state index contributed by atoms with van der Waals surface area (Å²) in [6, 6.07) is 9.11. The summed E-state index contributed by atoms with van der Waals surface area (Å²) in [6.45, 7) is 2.51. The van der Waals surface area contributed by atoms with Crippen LogP contribution >= 0.6 is 0 Å². The van der Waals surface area contributed by atoms with Gasteiger partial charge in [-0.05, 0) is 31.0 Å². The summed E-state index contributed by atoms with van der Waals surface area (Å²) in [5, 5.41) is 10.3. The fourth-order valence-electron chi connectivity index (χ4n) is 4.18. The van der Waals surface area contributed by atoms with Crippen LogP contribution in [-0.4, -0.2) is 78.2 Å². The van der Waals surface area contributed by atoms with Crippen LogP contribution in [0, 0.1) is 5.92 Å². The minimum absolute atomic E-state index is 0.00583. The highest BCUT2D eigenvalue weighted by molar-refractivity contribution is 7.88. The SMILES string of the molecule is COc1c(Nc2ccnc(NC(=O)C3CC3)c2)cccc1-c1nc(CN2CCN(S(C)(=O)=O)CC2)no1. The van der Waals surface area contributed by atoms with Crippen molar-refractivity contribution in [3.63, 3.8) is 0 Å². The molecule has 0 spiro atoms. The van der Waals surface area contributed by atoms with Crippen molar-refractivity contribution in [1.29, 1.82) is 0 Å². The number of ether oxygens (including phenoxy) is 1. The molecule has 0 radical (unpaired) electrons. The molecular formula is C24H29N7O5S. The molecule has 2 aliphatic rings. The van der Waals surface area contributed by atoms with Gasteiger partial charge in [-0.1, -0.05) is 11.2 Å². The second-order valence-electron chi connectivity index (χ2n) is 9.16. The zero-order chi connectivity index (χ0) is 26.0. The summed E-state index contributed by atoms with van der Waals surface area (Å²) >= 11 is 0. The Morgan fingerprint density at radius 1 is 1.19 bits per heavy atom. The van der Waals surface area contributed by atoms with Gasteiger partial charge in [0.1, 0.15) is 5.82 Å². The van der Waals surface area contributed by atoms with Crippen molar-refractivity contribution in [2.24, 2.45) is 5.92 Å². The van der Waals surface area contributed by atoms with Crippen molar-refractivity contribution in [2.45, 2.75) is 19.4 Å². The number of anilines is 3. The van der Waals surface area contributed by atoms with E-state index in [0.29, 0.717) is 67.3 Å². The molecule has 5 rings (SSSR count). The monoisotopic (exact) mass is 527 g/mol. The van der Waals surface area contributed by atoms with Crippen molar-refractivity contribution >= 4 is 33.1 Å². The number of hydrogen-bond acceptors (Lipinski definition) is 10. The Labute approximate surface area is 215 Å². The zero-order valence-corrected chi connectivity index (χ0v) is 21.5. The maximum absolute atomic E-state index is 12.1. The molecule has 1 aliphatic carbocycles. The van der Waals surface area contributed by atoms with E-state index in [2.05, 4.69) is 30.7 Å². The zero-order valence-electron chi connectivity index (χ0n) is 20.7. The predicted octanol–water partition coefficient (Wildman–Crippen LogP) is 2.31. The Kier molecular flexibility index (Phi) is 7.09. The number of para-hydroxylation sites is 1. The fraction of sp³-hybridized carbons (Fsp3) is 0.417. The maximum Gasteiger partial charge on any atom is 0.261 e. The summed E-state index contributed by atoms with van der Waals surface area (Å²) in [5.74, 6) is 1.92. The average Bonchev–Trinajstić information content (AvgIpc) is 3.63. The summed E-state index contributed by atoms with van der Waals surface area (Å²) in [6.07, 6.45) is 4.70. The van der Waals surface area contributed by atoms with Gasteiger partial charge in [0, 0.05) is 50.0 Å². The third-order valence-electron chi connectivity index (χ3n) is 6.32. The molecule has 2 aromatic heterocycles. The molecule has 12 nitrogen and oxygen atoms in total. The topological polar surface area (TPSA) is 143 Å². The lowest BCUT2D eigenvalue weighted by Gasteiger charge is -2.32. The van der Waals surface area contributed by atoms with Crippen molar-refractivity contribution in [2.75, 3.05) is 50.2 Å². The normalized spacial score (nSPS) is 16.9. The number of carbonyl (C=O) groups is 1. The molecule has 1 amide bonds. The smallest absolute Gasteiger partial charge is 0.261 e. The van der Waals surface area contributed by atoms with Crippen molar-refractivity contribution in [3.8, 4) is 17.2 Å². The van der Waals surface area contributed by atoms with E-state index in [4.69, 9.17) is 9.26 Å². The quantitative estimate of drug-likeness (QED) is 0.425. The van der Waals surface area contributed by atoms with E-state index in [-0.39, 0.29) is 11.8 Å². The first-order valence-electron chi connectivity index (χ1n) is 12.0. The van der Waals surface area contributed by atoms with Gasteiger partial charge in [-0.3, -0.25) is 9.69 Å².